The Hall–Kier alpha value is -2.80. The molecule has 3 aromatic carbocycles. The van der Waals surface area contributed by atoms with Gasteiger partial charge in [-0.1, -0.05) is 66.7 Å². The van der Waals surface area contributed by atoms with Crippen molar-refractivity contribution in [2.75, 3.05) is 31.1 Å². The molecule has 33 heavy (non-hydrogen) atoms. The molecule has 1 fully saturated rings. The molecule has 1 aliphatic rings. The zero-order valence-corrected chi connectivity index (χ0v) is 20.1. The molecule has 4 aromatic rings. The predicted octanol–water partition coefficient (Wildman–Crippen LogP) is 4.61. The zero-order chi connectivity index (χ0) is 22.2. The second kappa shape index (κ2) is 9.21. The van der Waals surface area contributed by atoms with Crippen molar-refractivity contribution in [2.24, 2.45) is 0 Å². The fraction of sp³-hybridized carbons (Fsp3) is 0.231. The second-order valence-electron chi connectivity index (χ2n) is 8.33. The Morgan fingerprint density at radius 2 is 1.36 bits per heavy atom. The largest absolute Gasteiger partial charge is 0.368 e. The van der Waals surface area contributed by atoms with Crippen LogP contribution in [0.2, 0.25) is 0 Å². The van der Waals surface area contributed by atoms with Gasteiger partial charge in [0.1, 0.15) is 4.75 Å². The highest BCUT2D eigenvalue weighted by atomic mass is 35.5. The molecule has 1 aliphatic heterocycles. The van der Waals surface area contributed by atoms with Crippen LogP contribution in [0.5, 0.6) is 0 Å². The van der Waals surface area contributed by atoms with Crippen molar-refractivity contribution in [3.63, 3.8) is 0 Å². The summed E-state index contributed by atoms with van der Waals surface area (Å²) < 4.78 is 28.9. The number of rotatable bonds is 5. The summed E-state index contributed by atoms with van der Waals surface area (Å²) in [5.74, 6) is 0. The molecule has 0 atom stereocenters. The summed E-state index contributed by atoms with van der Waals surface area (Å²) in [6.07, 6.45) is 1.70. The molecule has 172 valence electrons. The van der Waals surface area contributed by atoms with E-state index in [2.05, 4.69) is 16.3 Å². The van der Waals surface area contributed by atoms with E-state index < -0.39 is 14.8 Å². The van der Waals surface area contributed by atoms with Crippen LogP contribution in [0.15, 0.2) is 91.1 Å². The average Bonchev–Trinajstić information content (AvgIpc) is 3.30. The predicted molar refractivity (Wildman–Crippen MR) is 138 cm³/mol. The number of halogens is 1. The van der Waals surface area contributed by atoms with E-state index in [0.717, 1.165) is 48.4 Å². The molecule has 0 bridgehead atoms. The summed E-state index contributed by atoms with van der Waals surface area (Å²) in [5.41, 5.74) is 3.27. The molecule has 0 unspecified atom stereocenters. The van der Waals surface area contributed by atoms with Crippen molar-refractivity contribution in [3.8, 4) is 0 Å². The topological polar surface area (TPSA) is 54.3 Å². The van der Waals surface area contributed by atoms with E-state index in [9.17, 15) is 8.42 Å². The van der Waals surface area contributed by atoms with Crippen LogP contribution < -0.4 is 10.2 Å². The van der Waals surface area contributed by atoms with Crippen LogP contribution >= 0.6 is 12.4 Å². The highest BCUT2D eigenvalue weighted by molar-refractivity contribution is 7.91. The van der Waals surface area contributed by atoms with Gasteiger partial charge in [-0.15, -0.1) is 12.4 Å². The Labute approximate surface area is 201 Å². The smallest absolute Gasteiger partial charge is 0.252 e. The van der Waals surface area contributed by atoms with Crippen LogP contribution in [0.1, 0.15) is 18.1 Å². The fourth-order valence-corrected chi connectivity index (χ4v) is 6.59. The third kappa shape index (κ3) is 3.82. The van der Waals surface area contributed by atoms with Gasteiger partial charge in [-0.2, -0.15) is 0 Å². The van der Waals surface area contributed by atoms with Crippen LogP contribution in [0.25, 0.3) is 10.9 Å². The number of hydrogen-bond acceptors (Lipinski definition) is 4. The van der Waals surface area contributed by atoms with Crippen molar-refractivity contribution in [1.82, 2.24) is 9.29 Å². The summed E-state index contributed by atoms with van der Waals surface area (Å²) in [5, 5.41) is 4.34. The first-order valence-corrected chi connectivity index (χ1v) is 12.4. The molecular formula is C26H28ClN3O2S. The molecule has 5 rings (SSSR count). The third-order valence-corrected chi connectivity index (χ3v) is 8.90. The van der Waals surface area contributed by atoms with E-state index in [-0.39, 0.29) is 12.4 Å². The van der Waals surface area contributed by atoms with Crippen LogP contribution in [-0.2, 0) is 14.8 Å². The summed E-state index contributed by atoms with van der Waals surface area (Å²) >= 11 is 0. The number of nitrogens with one attached hydrogen (secondary N) is 1. The molecule has 0 aliphatic carbocycles. The van der Waals surface area contributed by atoms with Crippen LogP contribution in [0.4, 0.5) is 5.69 Å². The van der Waals surface area contributed by atoms with Gasteiger partial charge in [-0.3, -0.25) is 0 Å². The van der Waals surface area contributed by atoms with Crippen molar-refractivity contribution < 1.29 is 8.42 Å². The number of aromatic nitrogens is 1. The summed E-state index contributed by atoms with van der Waals surface area (Å²) in [6, 6.07) is 26.8. The second-order valence-corrected chi connectivity index (χ2v) is 10.5. The lowest BCUT2D eigenvalue weighted by atomic mass is 9.92. The van der Waals surface area contributed by atoms with Gasteiger partial charge in [-0.25, -0.2) is 12.4 Å². The van der Waals surface area contributed by atoms with E-state index in [1.54, 1.807) is 13.1 Å². The normalized spacial score (nSPS) is 14.8. The Balaban J connectivity index is 0.00000259. The first kappa shape index (κ1) is 23.4. The molecule has 5 nitrogen and oxygen atoms in total. The standard InChI is InChI=1S/C26H27N3O2S.ClH/c1-26(21-9-4-2-5-10-21,22-11-6-3-7-12-22)32(30,31)29-18-15-23-24(13-8-14-25(23)29)28-19-16-27-17-20-28;/h2-15,18,27H,16-17,19-20H2,1H3;1H. The Bertz CT molecular complexity index is 1290. The first-order chi connectivity index (χ1) is 15.5. The maximum atomic E-state index is 14.4. The minimum atomic E-state index is -3.85. The van der Waals surface area contributed by atoms with Gasteiger partial charge in [0.2, 0.25) is 0 Å². The summed E-state index contributed by atoms with van der Waals surface area (Å²) in [7, 11) is -3.85. The van der Waals surface area contributed by atoms with Gasteiger partial charge in [-0.05, 0) is 36.2 Å². The maximum Gasteiger partial charge on any atom is 0.252 e. The van der Waals surface area contributed by atoms with Crippen LogP contribution in [0, 0.1) is 0 Å². The lowest BCUT2D eigenvalue weighted by molar-refractivity contribution is 0.557. The van der Waals surface area contributed by atoms with E-state index in [0.29, 0.717) is 5.52 Å². The lowest BCUT2D eigenvalue weighted by Gasteiger charge is -2.32. The Morgan fingerprint density at radius 1 is 0.788 bits per heavy atom. The number of fused-ring (bicyclic) bond motifs is 1. The number of anilines is 1. The number of hydrogen-bond donors (Lipinski definition) is 1. The fourth-order valence-electron chi connectivity index (χ4n) is 4.69. The lowest BCUT2D eigenvalue weighted by Crippen LogP contribution is -2.43. The Morgan fingerprint density at radius 3 is 1.94 bits per heavy atom. The van der Waals surface area contributed by atoms with Gasteiger partial charge in [0.15, 0.2) is 0 Å². The molecule has 1 saturated heterocycles. The molecule has 0 amide bonds. The number of nitrogens with zero attached hydrogens (tertiary/aromatic N) is 2. The van der Waals surface area contributed by atoms with E-state index in [1.165, 1.54) is 3.97 Å². The molecule has 0 spiro atoms. The van der Waals surface area contributed by atoms with Crippen LogP contribution in [-0.4, -0.2) is 38.6 Å². The molecule has 7 heteroatoms. The molecule has 1 N–H and O–H groups in total. The minimum Gasteiger partial charge on any atom is -0.368 e. The van der Waals surface area contributed by atoms with Crippen LogP contribution in [0.3, 0.4) is 0 Å². The van der Waals surface area contributed by atoms with Crippen molar-refractivity contribution in [2.45, 2.75) is 11.7 Å². The molecule has 0 saturated carbocycles. The highest BCUT2D eigenvalue weighted by Crippen LogP contribution is 2.40. The number of benzene rings is 3. The summed E-state index contributed by atoms with van der Waals surface area (Å²) in [4.78, 5) is 2.32. The van der Waals surface area contributed by atoms with Crippen molar-refractivity contribution >= 4 is 39.0 Å². The van der Waals surface area contributed by atoms with E-state index in [1.807, 2.05) is 78.9 Å². The minimum absolute atomic E-state index is 0. The Kier molecular flexibility index (Phi) is 6.52. The van der Waals surface area contributed by atoms with Crippen molar-refractivity contribution in [3.05, 3.63) is 102 Å². The quantitative estimate of drug-likeness (QED) is 0.452. The zero-order valence-electron chi connectivity index (χ0n) is 18.5. The van der Waals surface area contributed by atoms with E-state index in [4.69, 9.17) is 0 Å². The monoisotopic (exact) mass is 481 g/mol. The van der Waals surface area contributed by atoms with E-state index >= 15 is 0 Å². The van der Waals surface area contributed by atoms with Gasteiger partial charge in [0.25, 0.3) is 10.0 Å². The summed E-state index contributed by atoms with van der Waals surface area (Å²) in [6.45, 7) is 5.47. The van der Waals surface area contributed by atoms with Crippen molar-refractivity contribution in [1.29, 1.82) is 0 Å². The van der Waals surface area contributed by atoms with Gasteiger partial charge >= 0.3 is 0 Å². The third-order valence-electron chi connectivity index (χ3n) is 6.56. The average molecular weight is 482 g/mol. The SMILES string of the molecule is CC(c1ccccc1)(c1ccccc1)S(=O)(=O)n1ccc2c(N3CCNCC3)cccc21.Cl. The first-order valence-electron chi connectivity index (χ1n) is 11.0. The molecule has 2 heterocycles. The van der Waals surface area contributed by atoms with Gasteiger partial charge < -0.3 is 10.2 Å². The molecular weight excluding hydrogens is 454 g/mol. The highest BCUT2D eigenvalue weighted by Gasteiger charge is 2.44. The van der Waals surface area contributed by atoms with Gasteiger partial charge in [0, 0.05) is 43.4 Å². The molecule has 0 radical (unpaired) electrons. The van der Waals surface area contributed by atoms with Gasteiger partial charge in [0.05, 0.1) is 5.52 Å². The molecule has 1 aromatic heterocycles. The maximum absolute atomic E-state index is 14.4. The number of piperazine rings is 1.